The van der Waals surface area contributed by atoms with Crippen LogP contribution in [0.15, 0.2) is 44.8 Å². The van der Waals surface area contributed by atoms with Gasteiger partial charge in [-0.1, -0.05) is 23.8 Å². The van der Waals surface area contributed by atoms with E-state index < -0.39 is 32.0 Å². The van der Waals surface area contributed by atoms with Crippen molar-refractivity contribution >= 4 is 64.0 Å². The van der Waals surface area contributed by atoms with E-state index in [1.54, 1.807) is 11.4 Å². The lowest BCUT2D eigenvalue weighted by molar-refractivity contribution is -0.120. The zero-order valence-corrected chi connectivity index (χ0v) is 18.8. The van der Waals surface area contributed by atoms with Crippen LogP contribution in [0.5, 0.6) is 0 Å². The van der Waals surface area contributed by atoms with Crippen molar-refractivity contribution in [1.29, 1.82) is 0 Å². The van der Waals surface area contributed by atoms with Crippen LogP contribution in [0.4, 0.5) is 5.13 Å². The molecule has 1 aliphatic rings. The lowest BCUT2D eigenvalue weighted by Gasteiger charge is -2.32. The Balaban J connectivity index is 1.59. The Hall–Kier alpha value is -1.90. The molecule has 4 rings (SSSR count). The number of fused-ring (bicyclic) bond motifs is 1. The van der Waals surface area contributed by atoms with E-state index >= 15 is 0 Å². The largest absolute Gasteiger partial charge is 0.301 e. The summed E-state index contributed by atoms with van der Waals surface area (Å²) < 4.78 is 51.0. The Labute approximate surface area is 181 Å². The molecule has 9 nitrogen and oxygen atoms in total. The number of thiophene rings is 1. The van der Waals surface area contributed by atoms with Crippen molar-refractivity contribution in [2.24, 2.45) is 5.14 Å². The summed E-state index contributed by atoms with van der Waals surface area (Å²) in [5.74, 6) is -0.458. The molecule has 1 saturated heterocycles. The maximum Gasteiger partial charge on any atom is 0.253 e. The number of primary sulfonamides is 1. The first-order valence-corrected chi connectivity index (χ1v) is 13.6. The number of aromatic nitrogens is 1. The van der Waals surface area contributed by atoms with Crippen LogP contribution in [0.1, 0.15) is 19.3 Å². The minimum atomic E-state index is -3.85. The molecule has 1 fully saturated rings. The van der Waals surface area contributed by atoms with Gasteiger partial charge < -0.3 is 5.32 Å². The molecule has 3 aromatic rings. The predicted molar refractivity (Wildman–Crippen MR) is 115 cm³/mol. The first-order valence-electron chi connectivity index (χ1n) is 8.96. The van der Waals surface area contributed by atoms with Crippen molar-refractivity contribution in [3.8, 4) is 0 Å². The third-order valence-electron chi connectivity index (χ3n) is 4.73. The highest BCUT2D eigenvalue weighted by atomic mass is 32.2. The highest BCUT2D eigenvalue weighted by Gasteiger charge is 2.38. The number of rotatable bonds is 5. The molecule has 0 bridgehead atoms. The standard InChI is InChI=1S/C17H18N4O5S4/c18-29(23,24)11-6-7-12-14(10-11)28-17(19-12)20-16(22)13-4-1-2-8-21(13)30(25,26)15-5-3-9-27-15/h3,5-7,9-10,13H,1-2,4,8H2,(H2,18,23,24)(H,19,20,22). The van der Waals surface area contributed by atoms with Gasteiger partial charge >= 0.3 is 0 Å². The predicted octanol–water partition coefficient (Wildman–Crippen LogP) is 2.19. The van der Waals surface area contributed by atoms with Crippen molar-refractivity contribution in [1.82, 2.24) is 9.29 Å². The molecular formula is C17H18N4O5S4. The summed E-state index contributed by atoms with van der Waals surface area (Å²) in [4.78, 5) is 17.2. The Morgan fingerprint density at radius 2 is 2.00 bits per heavy atom. The van der Waals surface area contributed by atoms with Crippen molar-refractivity contribution < 1.29 is 21.6 Å². The van der Waals surface area contributed by atoms with Gasteiger partial charge in [-0.15, -0.1) is 11.3 Å². The second-order valence-corrected chi connectivity index (χ2v) is 12.4. The third-order valence-corrected chi connectivity index (χ3v) is 9.86. The quantitative estimate of drug-likeness (QED) is 0.567. The number of sulfonamides is 2. The number of benzene rings is 1. The van der Waals surface area contributed by atoms with Crippen LogP contribution >= 0.6 is 22.7 Å². The fourth-order valence-corrected chi connectivity index (χ4v) is 7.60. The summed E-state index contributed by atoms with van der Waals surface area (Å²) in [6, 6.07) is 6.60. The van der Waals surface area contributed by atoms with Crippen LogP contribution in [-0.2, 0) is 24.8 Å². The molecular weight excluding hydrogens is 468 g/mol. The molecule has 160 valence electrons. The number of carbonyl (C=O) groups is 1. The van der Waals surface area contributed by atoms with E-state index in [1.807, 2.05) is 0 Å². The van der Waals surface area contributed by atoms with E-state index in [9.17, 15) is 21.6 Å². The molecule has 1 atom stereocenters. The molecule has 0 aliphatic carbocycles. The van der Waals surface area contributed by atoms with Gasteiger partial charge in [-0.05, 0) is 42.5 Å². The van der Waals surface area contributed by atoms with Crippen LogP contribution in [0.2, 0.25) is 0 Å². The van der Waals surface area contributed by atoms with Crippen molar-refractivity contribution in [3.05, 3.63) is 35.7 Å². The maximum absolute atomic E-state index is 13.0. The van der Waals surface area contributed by atoms with Gasteiger partial charge in [0.25, 0.3) is 10.0 Å². The minimum absolute atomic E-state index is 0.0444. The summed E-state index contributed by atoms with van der Waals surface area (Å²) in [7, 11) is -7.61. The van der Waals surface area contributed by atoms with Crippen LogP contribution in [0, 0.1) is 0 Å². The second-order valence-electron chi connectivity index (χ2n) is 6.74. The topological polar surface area (TPSA) is 140 Å². The molecule has 1 aliphatic heterocycles. The van der Waals surface area contributed by atoms with E-state index in [0.717, 1.165) is 29.1 Å². The zero-order valence-electron chi connectivity index (χ0n) is 15.5. The summed E-state index contributed by atoms with van der Waals surface area (Å²) in [5, 5.41) is 9.79. The molecule has 0 saturated carbocycles. The molecule has 13 heteroatoms. The molecule has 3 N–H and O–H groups in total. The summed E-state index contributed by atoms with van der Waals surface area (Å²) in [6.45, 7) is 0.274. The number of hydrogen-bond donors (Lipinski definition) is 2. The number of nitrogens with one attached hydrogen (secondary N) is 1. The SMILES string of the molecule is NS(=O)(=O)c1ccc2nc(NC(=O)C3CCCCN3S(=O)(=O)c3cccs3)sc2c1. The first kappa shape index (κ1) is 21.3. The van der Waals surface area contributed by atoms with E-state index in [2.05, 4.69) is 10.3 Å². The summed E-state index contributed by atoms with van der Waals surface area (Å²) in [5.41, 5.74) is 0.509. The van der Waals surface area contributed by atoms with Gasteiger partial charge in [0, 0.05) is 6.54 Å². The molecule has 0 spiro atoms. The van der Waals surface area contributed by atoms with Crippen molar-refractivity contribution in [2.75, 3.05) is 11.9 Å². The Morgan fingerprint density at radius 1 is 1.20 bits per heavy atom. The van der Waals surface area contributed by atoms with Gasteiger partial charge in [0.15, 0.2) is 5.13 Å². The monoisotopic (exact) mass is 486 g/mol. The molecule has 3 heterocycles. The lowest BCUT2D eigenvalue weighted by atomic mass is 10.0. The second kappa shape index (κ2) is 7.98. The van der Waals surface area contributed by atoms with E-state index in [-0.39, 0.29) is 20.8 Å². The van der Waals surface area contributed by atoms with Crippen molar-refractivity contribution in [3.63, 3.8) is 0 Å². The van der Waals surface area contributed by atoms with Crippen LogP contribution in [0.25, 0.3) is 10.2 Å². The molecule has 2 aromatic heterocycles. The summed E-state index contributed by atoms with van der Waals surface area (Å²) in [6.07, 6.45) is 1.84. The normalized spacial score (nSPS) is 18.5. The fourth-order valence-electron chi connectivity index (χ4n) is 3.30. The third kappa shape index (κ3) is 4.13. The number of thiazole rings is 1. The van der Waals surface area contributed by atoms with Gasteiger partial charge in [0.05, 0.1) is 15.1 Å². The highest BCUT2D eigenvalue weighted by molar-refractivity contribution is 7.91. The van der Waals surface area contributed by atoms with E-state index in [0.29, 0.717) is 23.1 Å². The fraction of sp³-hybridized carbons (Fsp3) is 0.294. The smallest absolute Gasteiger partial charge is 0.253 e. The number of anilines is 1. The molecule has 1 unspecified atom stereocenters. The van der Waals surface area contributed by atoms with Gasteiger partial charge in [0.2, 0.25) is 15.9 Å². The first-order chi connectivity index (χ1) is 14.2. The molecule has 1 amide bonds. The van der Waals surface area contributed by atoms with Crippen molar-refractivity contribution in [2.45, 2.75) is 34.4 Å². The Morgan fingerprint density at radius 3 is 2.70 bits per heavy atom. The van der Waals surface area contributed by atoms with Gasteiger partial charge in [-0.25, -0.2) is 27.0 Å². The molecule has 30 heavy (non-hydrogen) atoms. The van der Waals surface area contributed by atoms with Crippen LogP contribution in [0.3, 0.4) is 0 Å². The maximum atomic E-state index is 13.0. The van der Waals surface area contributed by atoms with Gasteiger partial charge in [0.1, 0.15) is 10.3 Å². The van der Waals surface area contributed by atoms with E-state index in [1.165, 1.54) is 28.6 Å². The highest BCUT2D eigenvalue weighted by Crippen LogP contribution is 2.31. The Kier molecular flexibility index (Phi) is 5.67. The summed E-state index contributed by atoms with van der Waals surface area (Å²) >= 11 is 2.21. The van der Waals surface area contributed by atoms with Crippen LogP contribution < -0.4 is 10.5 Å². The Bertz CT molecular complexity index is 1300. The zero-order chi connectivity index (χ0) is 21.5. The molecule has 1 aromatic carbocycles. The number of hydrogen-bond acceptors (Lipinski definition) is 8. The average molecular weight is 487 g/mol. The average Bonchev–Trinajstić information content (AvgIpc) is 3.36. The number of nitrogens with two attached hydrogens (primary N) is 1. The van der Waals surface area contributed by atoms with Gasteiger partial charge in [-0.3, -0.25) is 4.79 Å². The number of amides is 1. The minimum Gasteiger partial charge on any atom is -0.301 e. The van der Waals surface area contributed by atoms with Gasteiger partial charge in [-0.2, -0.15) is 4.31 Å². The number of piperidine rings is 1. The molecule has 0 radical (unpaired) electrons. The number of carbonyl (C=O) groups excluding carboxylic acids is 1. The van der Waals surface area contributed by atoms with Crippen LogP contribution in [-0.4, -0.2) is 44.6 Å². The lowest BCUT2D eigenvalue weighted by Crippen LogP contribution is -2.49. The number of nitrogens with zero attached hydrogens (tertiary/aromatic N) is 2. The van der Waals surface area contributed by atoms with E-state index in [4.69, 9.17) is 5.14 Å².